The van der Waals surface area contributed by atoms with Crippen molar-refractivity contribution in [2.45, 2.75) is 6.42 Å². The molecule has 0 saturated carbocycles. The van der Waals surface area contributed by atoms with Crippen LogP contribution in [0.15, 0.2) is 41.8 Å². The molecule has 1 aromatic heterocycles. The number of methoxy groups -OCH3 is 1. The lowest BCUT2D eigenvalue weighted by Gasteiger charge is -2.08. The van der Waals surface area contributed by atoms with Crippen LogP contribution in [-0.2, 0) is 14.3 Å². The molecule has 0 bridgehead atoms. The summed E-state index contributed by atoms with van der Waals surface area (Å²) in [7, 11) is 1.45. The standard InChI is InChI=1S/C17H19N3O4S/c1-24-11-16(22)20-13-6-4-12(5-7-13)19-15(21)8-9-18-17(23)14-3-2-10-25-14/h2-7,10H,8-9,11H2,1H3,(H,18,23)(H,19,21)(H,20,22). The Kier molecular flexibility index (Phi) is 7.12. The quantitative estimate of drug-likeness (QED) is 0.671. The maximum absolute atomic E-state index is 11.9. The fraction of sp³-hybridized carbons (Fsp3) is 0.235. The van der Waals surface area contributed by atoms with Gasteiger partial charge in [0.15, 0.2) is 0 Å². The first-order valence-corrected chi connectivity index (χ1v) is 8.47. The predicted molar refractivity (Wildman–Crippen MR) is 96.8 cm³/mol. The molecule has 0 unspecified atom stereocenters. The second kappa shape index (κ2) is 9.55. The van der Waals surface area contributed by atoms with Gasteiger partial charge in [0.05, 0.1) is 4.88 Å². The maximum atomic E-state index is 11.9. The summed E-state index contributed by atoms with van der Waals surface area (Å²) in [6, 6.07) is 10.3. The Bertz CT molecular complexity index is 714. The molecule has 7 nitrogen and oxygen atoms in total. The van der Waals surface area contributed by atoms with Crippen molar-refractivity contribution < 1.29 is 19.1 Å². The van der Waals surface area contributed by atoms with Crippen LogP contribution in [0.2, 0.25) is 0 Å². The molecule has 0 aliphatic heterocycles. The first kappa shape index (κ1) is 18.6. The zero-order valence-corrected chi connectivity index (χ0v) is 14.5. The summed E-state index contributed by atoms with van der Waals surface area (Å²) in [5, 5.41) is 9.91. The highest BCUT2D eigenvalue weighted by Crippen LogP contribution is 2.13. The highest BCUT2D eigenvalue weighted by atomic mass is 32.1. The van der Waals surface area contributed by atoms with Crippen molar-refractivity contribution in [3.8, 4) is 0 Å². The minimum atomic E-state index is -0.249. The number of ether oxygens (including phenoxy) is 1. The summed E-state index contributed by atoms with van der Waals surface area (Å²) in [5.41, 5.74) is 1.22. The zero-order valence-electron chi connectivity index (χ0n) is 13.7. The lowest BCUT2D eigenvalue weighted by molar-refractivity contribution is -0.119. The van der Waals surface area contributed by atoms with Crippen LogP contribution < -0.4 is 16.0 Å². The van der Waals surface area contributed by atoms with E-state index in [4.69, 9.17) is 4.74 Å². The Balaban J connectivity index is 1.73. The number of benzene rings is 1. The fourth-order valence-electron chi connectivity index (χ4n) is 1.97. The third-order valence-corrected chi connectivity index (χ3v) is 3.98. The van der Waals surface area contributed by atoms with Gasteiger partial charge in [0.25, 0.3) is 5.91 Å². The third-order valence-electron chi connectivity index (χ3n) is 3.11. The van der Waals surface area contributed by atoms with Crippen molar-refractivity contribution in [3.63, 3.8) is 0 Å². The lowest BCUT2D eigenvalue weighted by atomic mass is 10.2. The van der Waals surface area contributed by atoms with Gasteiger partial charge in [0.2, 0.25) is 11.8 Å². The van der Waals surface area contributed by atoms with E-state index in [0.29, 0.717) is 16.3 Å². The van der Waals surface area contributed by atoms with Crippen LogP contribution in [0.25, 0.3) is 0 Å². The topological polar surface area (TPSA) is 96.5 Å². The minimum Gasteiger partial charge on any atom is -0.375 e. The molecule has 0 aliphatic carbocycles. The van der Waals surface area contributed by atoms with Crippen molar-refractivity contribution in [2.75, 3.05) is 30.9 Å². The highest BCUT2D eigenvalue weighted by Gasteiger charge is 2.08. The number of carbonyl (C=O) groups excluding carboxylic acids is 3. The van der Waals surface area contributed by atoms with E-state index in [2.05, 4.69) is 16.0 Å². The molecule has 1 aromatic carbocycles. The SMILES string of the molecule is COCC(=O)Nc1ccc(NC(=O)CCNC(=O)c2cccs2)cc1. The molecule has 3 N–H and O–H groups in total. The molecule has 0 saturated heterocycles. The number of thiophene rings is 1. The van der Waals surface area contributed by atoms with Crippen molar-refractivity contribution in [3.05, 3.63) is 46.7 Å². The van der Waals surface area contributed by atoms with Crippen LogP contribution in [-0.4, -0.2) is 38.0 Å². The van der Waals surface area contributed by atoms with Gasteiger partial charge in [-0.15, -0.1) is 11.3 Å². The summed E-state index contributed by atoms with van der Waals surface area (Å²) in [5.74, 6) is -0.637. The number of hydrogen-bond donors (Lipinski definition) is 3. The Morgan fingerprint density at radius 1 is 1.00 bits per heavy atom. The van der Waals surface area contributed by atoms with Gasteiger partial charge in [-0.3, -0.25) is 14.4 Å². The van der Waals surface area contributed by atoms with Crippen LogP contribution in [0.5, 0.6) is 0 Å². The van der Waals surface area contributed by atoms with Gasteiger partial charge in [-0.25, -0.2) is 0 Å². The molecule has 0 atom stereocenters. The molecular weight excluding hydrogens is 342 g/mol. The monoisotopic (exact) mass is 361 g/mol. The number of hydrogen-bond acceptors (Lipinski definition) is 5. The zero-order chi connectivity index (χ0) is 18.1. The number of anilines is 2. The molecule has 25 heavy (non-hydrogen) atoms. The van der Waals surface area contributed by atoms with Crippen molar-refractivity contribution in [1.82, 2.24) is 5.32 Å². The van der Waals surface area contributed by atoms with Crippen molar-refractivity contribution in [1.29, 1.82) is 0 Å². The fourth-order valence-corrected chi connectivity index (χ4v) is 2.61. The summed E-state index contributed by atoms with van der Waals surface area (Å²) >= 11 is 1.35. The number of rotatable bonds is 8. The first-order valence-electron chi connectivity index (χ1n) is 7.59. The van der Waals surface area contributed by atoms with Gasteiger partial charge in [0, 0.05) is 31.5 Å². The molecule has 0 spiro atoms. The molecule has 0 fully saturated rings. The maximum Gasteiger partial charge on any atom is 0.261 e. The molecule has 2 aromatic rings. The number of nitrogens with one attached hydrogen (secondary N) is 3. The normalized spacial score (nSPS) is 10.1. The van der Waals surface area contributed by atoms with Gasteiger partial charge in [0.1, 0.15) is 6.61 Å². The van der Waals surface area contributed by atoms with Crippen LogP contribution in [0.3, 0.4) is 0 Å². The average molecular weight is 361 g/mol. The predicted octanol–water partition coefficient (Wildman–Crippen LogP) is 2.09. The molecule has 0 aliphatic rings. The van der Waals surface area contributed by atoms with E-state index >= 15 is 0 Å². The van der Waals surface area contributed by atoms with E-state index in [0.717, 1.165) is 0 Å². The van der Waals surface area contributed by atoms with E-state index in [1.165, 1.54) is 18.4 Å². The molecular formula is C17H19N3O4S. The smallest absolute Gasteiger partial charge is 0.261 e. The average Bonchev–Trinajstić information content (AvgIpc) is 3.11. The molecule has 1 heterocycles. The van der Waals surface area contributed by atoms with Gasteiger partial charge in [-0.2, -0.15) is 0 Å². The van der Waals surface area contributed by atoms with E-state index in [9.17, 15) is 14.4 Å². The van der Waals surface area contributed by atoms with Crippen LogP contribution in [0.4, 0.5) is 11.4 Å². The largest absolute Gasteiger partial charge is 0.375 e. The summed E-state index contributed by atoms with van der Waals surface area (Å²) in [6.45, 7) is 0.239. The Morgan fingerprint density at radius 3 is 2.20 bits per heavy atom. The van der Waals surface area contributed by atoms with E-state index in [-0.39, 0.29) is 37.3 Å². The van der Waals surface area contributed by atoms with Gasteiger partial charge >= 0.3 is 0 Å². The second-order valence-corrected chi connectivity index (χ2v) is 6.04. The Labute approximate surface area is 149 Å². The summed E-state index contributed by atoms with van der Waals surface area (Å²) < 4.78 is 4.73. The van der Waals surface area contributed by atoms with Crippen LogP contribution in [0, 0.1) is 0 Å². The first-order chi connectivity index (χ1) is 12.1. The number of carbonyl (C=O) groups is 3. The van der Waals surface area contributed by atoms with E-state index < -0.39 is 0 Å². The second-order valence-electron chi connectivity index (χ2n) is 5.09. The molecule has 3 amide bonds. The summed E-state index contributed by atoms with van der Waals surface area (Å²) in [6.07, 6.45) is 0.170. The van der Waals surface area contributed by atoms with Crippen LogP contribution in [0.1, 0.15) is 16.1 Å². The third kappa shape index (κ3) is 6.36. The molecule has 132 valence electrons. The summed E-state index contributed by atoms with van der Waals surface area (Å²) in [4.78, 5) is 35.6. The number of amides is 3. The van der Waals surface area contributed by atoms with Gasteiger partial charge < -0.3 is 20.7 Å². The Hall–Kier alpha value is -2.71. The van der Waals surface area contributed by atoms with Gasteiger partial charge in [-0.1, -0.05) is 6.07 Å². The van der Waals surface area contributed by atoms with Crippen molar-refractivity contribution in [2.24, 2.45) is 0 Å². The molecule has 8 heteroatoms. The van der Waals surface area contributed by atoms with Crippen LogP contribution >= 0.6 is 11.3 Å². The van der Waals surface area contributed by atoms with E-state index in [1.54, 1.807) is 36.4 Å². The Morgan fingerprint density at radius 2 is 1.64 bits per heavy atom. The molecule has 0 radical (unpaired) electrons. The minimum absolute atomic E-state index is 0.0182. The highest BCUT2D eigenvalue weighted by molar-refractivity contribution is 7.12. The lowest BCUT2D eigenvalue weighted by Crippen LogP contribution is -2.27. The van der Waals surface area contributed by atoms with Gasteiger partial charge in [-0.05, 0) is 35.7 Å². The van der Waals surface area contributed by atoms with Crippen molar-refractivity contribution >= 4 is 40.4 Å². The van der Waals surface area contributed by atoms with E-state index in [1.807, 2.05) is 5.38 Å². The molecule has 2 rings (SSSR count).